The first kappa shape index (κ1) is 17.0. The van der Waals surface area contributed by atoms with Crippen molar-refractivity contribution < 1.29 is 0 Å². The molecule has 4 nitrogen and oxygen atoms in total. The van der Waals surface area contributed by atoms with Gasteiger partial charge in [0.05, 0.1) is 0 Å². The molecule has 1 unspecified atom stereocenters. The molecule has 0 fully saturated rings. The van der Waals surface area contributed by atoms with Crippen molar-refractivity contribution in [3.05, 3.63) is 88.0 Å². The van der Waals surface area contributed by atoms with Crippen LogP contribution < -0.4 is 10.9 Å². The van der Waals surface area contributed by atoms with Crippen molar-refractivity contribution in [3.8, 4) is 5.69 Å². The van der Waals surface area contributed by atoms with Crippen LogP contribution in [0.4, 0.5) is 5.82 Å². The molecule has 2 aromatic carbocycles. The first-order valence-electron chi connectivity index (χ1n) is 8.50. The van der Waals surface area contributed by atoms with Gasteiger partial charge in [-0.05, 0) is 48.6 Å². The van der Waals surface area contributed by atoms with E-state index in [1.165, 1.54) is 5.56 Å². The highest BCUT2D eigenvalue weighted by molar-refractivity contribution is 5.42. The number of hydrogen-bond acceptors (Lipinski definition) is 3. The summed E-state index contributed by atoms with van der Waals surface area (Å²) in [5.74, 6) is 0.668. The van der Waals surface area contributed by atoms with Crippen molar-refractivity contribution >= 4 is 5.82 Å². The van der Waals surface area contributed by atoms with E-state index in [4.69, 9.17) is 0 Å². The van der Waals surface area contributed by atoms with Crippen molar-refractivity contribution in [1.82, 2.24) is 9.55 Å². The Morgan fingerprint density at radius 1 is 1.08 bits per heavy atom. The topological polar surface area (TPSA) is 46.9 Å². The number of aryl methyl sites for hydroxylation is 2. The molecule has 0 radical (unpaired) electrons. The maximum absolute atomic E-state index is 12.8. The van der Waals surface area contributed by atoms with Gasteiger partial charge in [-0.1, -0.05) is 43.3 Å². The molecule has 4 heteroatoms. The molecule has 0 aliphatic rings. The predicted octanol–water partition coefficient (Wildman–Crippen LogP) is 4.06. The largest absolute Gasteiger partial charge is 0.365 e. The van der Waals surface area contributed by atoms with Gasteiger partial charge in [-0.25, -0.2) is 4.98 Å². The van der Waals surface area contributed by atoms with Crippen molar-refractivity contribution in [2.24, 2.45) is 0 Å². The molecular weight excluding hydrogens is 310 g/mol. The molecule has 3 aromatic rings. The maximum atomic E-state index is 12.8. The number of aromatic nitrogens is 2. The van der Waals surface area contributed by atoms with Crippen LogP contribution in [0.3, 0.4) is 0 Å². The Bertz CT molecular complexity index is 896. The van der Waals surface area contributed by atoms with E-state index >= 15 is 0 Å². The van der Waals surface area contributed by atoms with E-state index < -0.39 is 0 Å². The van der Waals surface area contributed by atoms with Crippen LogP contribution in [0.15, 0.2) is 65.7 Å². The minimum Gasteiger partial charge on any atom is -0.365 e. The van der Waals surface area contributed by atoms with E-state index in [1.807, 2.05) is 44.2 Å². The molecule has 128 valence electrons. The van der Waals surface area contributed by atoms with Crippen LogP contribution in [0.5, 0.6) is 0 Å². The lowest BCUT2D eigenvalue weighted by Gasteiger charge is -2.14. The van der Waals surface area contributed by atoms with Gasteiger partial charge in [0, 0.05) is 24.6 Å². The van der Waals surface area contributed by atoms with Gasteiger partial charge >= 0.3 is 0 Å². The summed E-state index contributed by atoms with van der Waals surface area (Å²) in [7, 11) is 0. The lowest BCUT2D eigenvalue weighted by molar-refractivity contribution is 0.796. The molecule has 0 aliphatic heterocycles. The molecule has 3 rings (SSSR count). The van der Waals surface area contributed by atoms with Gasteiger partial charge in [0.1, 0.15) is 0 Å². The van der Waals surface area contributed by atoms with E-state index in [-0.39, 0.29) is 11.5 Å². The smallest absolute Gasteiger partial charge is 0.297 e. The van der Waals surface area contributed by atoms with Crippen LogP contribution in [0, 0.1) is 13.8 Å². The highest BCUT2D eigenvalue weighted by Crippen LogP contribution is 2.15. The van der Waals surface area contributed by atoms with E-state index in [0.717, 1.165) is 16.8 Å². The van der Waals surface area contributed by atoms with Gasteiger partial charge in [-0.3, -0.25) is 9.36 Å². The number of anilines is 1. The summed E-state index contributed by atoms with van der Waals surface area (Å²) in [5.41, 5.74) is 4.23. The van der Waals surface area contributed by atoms with Gasteiger partial charge in [0.25, 0.3) is 5.56 Å². The second kappa shape index (κ2) is 7.34. The molecule has 1 aromatic heterocycles. The van der Waals surface area contributed by atoms with E-state index in [9.17, 15) is 4.79 Å². The number of rotatable bonds is 5. The zero-order chi connectivity index (χ0) is 17.8. The molecule has 0 spiro atoms. The third-order valence-electron chi connectivity index (χ3n) is 4.27. The molecule has 1 atom stereocenters. The van der Waals surface area contributed by atoms with Crippen LogP contribution in [0.2, 0.25) is 0 Å². The van der Waals surface area contributed by atoms with Gasteiger partial charge in [-0.15, -0.1) is 0 Å². The van der Waals surface area contributed by atoms with Crippen LogP contribution in [-0.2, 0) is 0 Å². The third kappa shape index (κ3) is 3.97. The second-order valence-electron chi connectivity index (χ2n) is 6.49. The molecular formula is C21H23N3O. The van der Waals surface area contributed by atoms with Gasteiger partial charge in [-0.2, -0.15) is 0 Å². The zero-order valence-corrected chi connectivity index (χ0v) is 14.9. The molecule has 0 amide bonds. The highest BCUT2D eigenvalue weighted by Gasteiger charge is 2.10. The van der Waals surface area contributed by atoms with E-state index in [2.05, 4.69) is 35.4 Å². The SMILES string of the molecule is Cc1cc(C)cc(-n2ccnc(NCC(C)c3ccccc3)c2=O)c1. The fourth-order valence-electron chi connectivity index (χ4n) is 2.98. The standard InChI is InChI=1S/C21H23N3O/c1-15-11-16(2)13-19(12-15)24-10-9-22-20(21(24)25)23-14-17(3)18-7-5-4-6-8-18/h4-13,17H,14H2,1-3H3,(H,22,23). The third-order valence-corrected chi connectivity index (χ3v) is 4.27. The van der Waals surface area contributed by atoms with Crippen molar-refractivity contribution in [3.63, 3.8) is 0 Å². The minimum absolute atomic E-state index is 0.132. The Balaban J connectivity index is 1.83. The average molecular weight is 333 g/mol. The van der Waals surface area contributed by atoms with Crippen LogP contribution in [0.1, 0.15) is 29.5 Å². The number of nitrogens with one attached hydrogen (secondary N) is 1. The summed E-state index contributed by atoms with van der Waals surface area (Å²) < 4.78 is 1.64. The molecule has 0 bridgehead atoms. The zero-order valence-electron chi connectivity index (χ0n) is 14.9. The van der Waals surface area contributed by atoms with E-state index in [1.54, 1.807) is 17.0 Å². The summed E-state index contributed by atoms with van der Waals surface area (Å²) in [6.07, 6.45) is 3.37. The van der Waals surface area contributed by atoms with Crippen molar-refractivity contribution in [2.75, 3.05) is 11.9 Å². The van der Waals surface area contributed by atoms with Gasteiger partial charge in [0.2, 0.25) is 0 Å². The number of hydrogen-bond donors (Lipinski definition) is 1. The Kier molecular flexibility index (Phi) is 4.98. The Morgan fingerprint density at radius 2 is 1.76 bits per heavy atom. The molecule has 25 heavy (non-hydrogen) atoms. The Hall–Kier alpha value is -2.88. The fourth-order valence-corrected chi connectivity index (χ4v) is 2.98. The minimum atomic E-state index is -0.132. The maximum Gasteiger partial charge on any atom is 0.297 e. The van der Waals surface area contributed by atoms with Crippen LogP contribution >= 0.6 is 0 Å². The summed E-state index contributed by atoms with van der Waals surface area (Å²) in [5, 5.41) is 3.21. The lowest BCUT2D eigenvalue weighted by Crippen LogP contribution is -2.24. The predicted molar refractivity (Wildman–Crippen MR) is 103 cm³/mol. The summed E-state index contributed by atoms with van der Waals surface area (Å²) in [4.78, 5) is 17.0. The fraction of sp³-hybridized carbons (Fsp3) is 0.238. The summed E-state index contributed by atoms with van der Waals surface area (Å²) in [6, 6.07) is 16.4. The molecule has 1 heterocycles. The Morgan fingerprint density at radius 3 is 2.44 bits per heavy atom. The average Bonchev–Trinajstić information content (AvgIpc) is 2.60. The quantitative estimate of drug-likeness (QED) is 0.766. The monoisotopic (exact) mass is 333 g/mol. The normalized spacial score (nSPS) is 12.0. The molecule has 0 aliphatic carbocycles. The molecule has 0 saturated carbocycles. The lowest BCUT2D eigenvalue weighted by atomic mass is 10.0. The first-order chi connectivity index (χ1) is 12.0. The van der Waals surface area contributed by atoms with Crippen LogP contribution in [-0.4, -0.2) is 16.1 Å². The summed E-state index contributed by atoms with van der Waals surface area (Å²) in [6.45, 7) is 6.85. The molecule has 0 saturated heterocycles. The first-order valence-corrected chi connectivity index (χ1v) is 8.50. The summed E-state index contributed by atoms with van der Waals surface area (Å²) >= 11 is 0. The number of benzene rings is 2. The molecule has 1 N–H and O–H groups in total. The van der Waals surface area contributed by atoms with Crippen molar-refractivity contribution in [2.45, 2.75) is 26.7 Å². The van der Waals surface area contributed by atoms with Crippen LogP contribution in [0.25, 0.3) is 5.69 Å². The van der Waals surface area contributed by atoms with Gasteiger partial charge < -0.3 is 5.32 Å². The van der Waals surface area contributed by atoms with E-state index in [0.29, 0.717) is 12.4 Å². The van der Waals surface area contributed by atoms with Gasteiger partial charge in [0.15, 0.2) is 5.82 Å². The van der Waals surface area contributed by atoms with Crippen molar-refractivity contribution in [1.29, 1.82) is 0 Å². The highest BCUT2D eigenvalue weighted by atomic mass is 16.1. The Labute approximate surface area is 148 Å². The second-order valence-corrected chi connectivity index (χ2v) is 6.49. The number of nitrogens with zero attached hydrogens (tertiary/aromatic N) is 2.